The minimum atomic E-state index is -0.569. The second kappa shape index (κ2) is 10.9. The van der Waals surface area contributed by atoms with Crippen molar-refractivity contribution in [2.45, 2.75) is 50.7 Å². The maximum Gasteiger partial charge on any atom is 0.417 e. The monoisotopic (exact) mass is 467 g/mol. The Bertz CT molecular complexity index is 971. The molecule has 6 heteroatoms. The van der Waals surface area contributed by atoms with Crippen LogP contribution in [0.4, 0.5) is 4.79 Å². The summed E-state index contributed by atoms with van der Waals surface area (Å²) < 4.78 is 11.2. The van der Waals surface area contributed by atoms with Gasteiger partial charge in [0.05, 0.1) is 5.60 Å². The largest absolute Gasteiger partial charge is 0.446 e. The van der Waals surface area contributed by atoms with Crippen molar-refractivity contribution >= 4 is 23.6 Å². The number of hydrogen-bond acceptors (Lipinski definition) is 4. The lowest BCUT2D eigenvalue weighted by atomic mass is 9.75. The molecule has 4 rings (SSSR count). The van der Waals surface area contributed by atoms with Crippen molar-refractivity contribution in [2.24, 2.45) is 5.92 Å². The number of terminal acetylenes is 1. The third-order valence-electron chi connectivity index (χ3n) is 6.32. The van der Waals surface area contributed by atoms with Crippen molar-refractivity contribution in [2.75, 3.05) is 13.2 Å². The molecule has 33 heavy (non-hydrogen) atoms. The van der Waals surface area contributed by atoms with E-state index in [9.17, 15) is 9.59 Å². The lowest BCUT2D eigenvalue weighted by Gasteiger charge is -2.39. The van der Waals surface area contributed by atoms with Gasteiger partial charge in [0.2, 0.25) is 5.91 Å². The molecule has 0 aliphatic carbocycles. The molecule has 3 atom stereocenters. The summed E-state index contributed by atoms with van der Waals surface area (Å²) in [4.78, 5) is 27.2. The molecule has 5 nitrogen and oxygen atoms in total. The molecule has 2 fully saturated rings. The lowest BCUT2D eigenvalue weighted by Crippen LogP contribution is -2.39. The first-order valence-corrected chi connectivity index (χ1v) is 11.5. The van der Waals surface area contributed by atoms with Gasteiger partial charge in [0.15, 0.2) is 0 Å². The Kier molecular flexibility index (Phi) is 8.18. The van der Waals surface area contributed by atoms with Crippen molar-refractivity contribution in [1.82, 2.24) is 4.90 Å². The predicted molar refractivity (Wildman–Crippen MR) is 129 cm³/mol. The van der Waals surface area contributed by atoms with Gasteiger partial charge in [0.1, 0.15) is 12.6 Å². The molecule has 2 aliphatic rings. The molecular formula is C27H30ClNO4. The van der Waals surface area contributed by atoms with E-state index in [4.69, 9.17) is 21.1 Å². The number of imide groups is 1. The fraction of sp³-hybridized carbons (Fsp3) is 0.407. The zero-order valence-electron chi connectivity index (χ0n) is 19.1. The van der Waals surface area contributed by atoms with E-state index < -0.39 is 12.1 Å². The highest BCUT2D eigenvalue weighted by molar-refractivity contribution is 6.30. The van der Waals surface area contributed by atoms with Gasteiger partial charge in [-0.25, -0.2) is 9.69 Å². The molecule has 174 valence electrons. The molecule has 2 aliphatic heterocycles. The summed E-state index contributed by atoms with van der Waals surface area (Å²) >= 11 is 6.11. The first-order chi connectivity index (χ1) is 15.8. The van der Waals surface area contributed by atoms with Crippen LogP contribution in [0.25, 0.3) is 0 Å². The Morgan fingerprint density at radius 3 is 2.45 bits per heavy atom. The molecule has 2 aromatic rings. The minimum Gasteiger partial charge on any atom is -0.446 e. The summed E-state index contributed by atoms with van der Waals surface area (Å²) in [6.07, 6.45) is 9.39. The van der Waals surface area contributed by atoms with E-state index in [0.717, 1.165) is 24.0 Å². The van der Waals surface area contributed by atoms with Crippen LogP contribution in [0.5, 0.6) is 0 Å². The van der Waals surface area contributed by atoms with Gasteiger partial charge >= 0.3 is 6.09 Å². The van der Waals surface area contributed by atoms with Crippen molar-refractivity contribution < 1.29 is 19.1 Å². The maximum absolute atomic E-state index is 13.5. The number of cyclic esters (lactones) is 1. The van der Waals surface area contributed by atoms with Crippen LogP contribution in [0, 0.1) is 18.8 Å². The quantitative estimate of drug-likeness (QED) is 0.507. The fourth-order valence-corrected chi connectivity index (χ4v) is 4.92. The van der Waals surface area contributed by atoms with Crippen LogP contribution in [0.1, 0.15) is 56.2 Å². The van der Waals surface area contributed by atoms with Gasteiger partial charge in [-0.1, -0.05) is 54.1 Å². The molecule has 0 spiro atoms. The fourth-order valence-electron chi connectivity index (χ4n) is 4.79. The molecule has 0 aromatic heterocycles. The summed E-state index contributed by atoms with van der Waals surface area (Å²) in [6, 6.07) is 16.9. The first-order valence-electron chi connectivity index (χ1n) is 11.1. The van der Waals surface area contributed by atoms with Gasteiger partial charge in [0, 0.05) is 18.1 Å². The van der Waals surface area contributed by atoms with Crippen molar-refractivity contribution in [3.05, 3.63) is 70.7 Å². The van der Waals surface area contributed by atoms with Gasteiger partial charge in [-0.2, -0.15) is 0 Å². The van der Waals surface area contributed by atoms with E-state index in [1.165, 1.54) is 4.90 Å². The second-order valence-corrected chi connectivity index (χ2v) is 9.43. The summed E-state index contributed by atoms with van der Waals surface area (Å²) in [5.74, 6) is 0.0287. The minimum absolute atomic E-state index is 0.0298. The number of carbonyl (C=O) groups is 2. The highest BCUT2D eigenvalue weighted by Gasteiger charge is 2.41. The van der Waals surface area contributed by atoms with Gasteiger partial charge in [-0.05, 0) is 61.8 Å². The lowest BCUT2D eigenvalue weighted by molar-refractivity contribution is -0.131. The topological polar surface area (TPSA) is 55.8 Å². The highest BCUT2D eigenvalue weighted by atomic mass is 35.5. The summed E-state index contributed by atoms with van der Waals surface area (Å²) in [5.41, 5.74) is 1.72. The normalized spacial score (nSPS) is 22.6. The van der Waals surface area contributed by atoms with Crippen molar-refractivity contribution in [3.63, 3.8) is 0 Å². The first kappa shape index (κ1) is 24.8. The summed E-state index contributed by atoms with van der Waals surface area (Å²) in [7, 11) is 0. The Labute approximate surface area is 201 Å². The van der Waals surface area contributed by atoms with Gasteiger partial charge < -0.3 is 9.47 Å². The van der Waals surface area contributed by atoms with E-state index in [1.807, 2.05) is 54.6 Å². The van der Waals surface area contributed by atoms with Crippen molar-refractivity contribution in [1.29, 1.82) is 0 Å². The maximum atomic E-state index is 13.5. The van der Waals surface area contributed by atoms with Gasteiger partial charge in [-0.3, -0.25) is 4.79 Å². The number of hydrogen-bond donors (Lipinski definition) is 0. The van der Waals surface area contributed by atoms with Gasteiger partial charge in [-0.15, -0.1) is 12.8 Å². The molecule has 0 saturated carbocycles. The van der Waals surface area contributed by atoms with Crippen LogP contribution in [0.2, 0.25) is 5.02 Å². The third kappa shape index (κ3) is 5.96. The van der Waals surface area contributed by atoms with Gasteiger partial charge in [0.25, 0.3) is 0 Å². The number of halogens is 1. The zero-order chi connectivity index (χ0) is 24.0. The van der Waals surface area contributed by atoms with Crippen LogP contribution in [0.3, 0.4) is 0 Å². The van der Waals surface area contributed by atoms with E-state index in [-0.39, 0.29) is 36.4 Å². The Morgan fingerprint density at radius 2 is 1.82 bits per heavy atom. The van der Waals surface area contributed by atoms with Crippen LogP contribution in [-0.2, 0) is 14.3 Å². The standard InChI is InChI=1S/C25H28ClNO4.C2H2/c1-25(2)15-19(12-13-31-25)21(17-8-10-20(26)11-9-17)14-23(28)27-22(16-30-24(27)29)18-6-4-3-5-7-18;1-2/h3-11,19,21-22H,12-16H2,1-2H3;1-2H/t19?,21?,22-;/m0./s1. The van der Waals surface area contributed by atoms with E-state index in [2.05, 4.69) is 26.7 Å². The Balaban J connectivity index is 0.00000149. The number of carbonyl (C=O) groups excluding carboxylic acids is 2. The molecule has 2 heterocycles. The van der Waals surface area contributed by atoms with Crippen LogP contribution in [0.15, 0.2) is 54.6 Å². The number of amides is 2. The molecule has 2 aromatic carbocycles. The predicted octanol–water partition coefficient (Wildman–Crippen LogP) is 5.99. The van der Waals surface area contributed by atoms with E-state index >= 15 is 0 Å². The van der Waals surface area contributed by atoms with E-state index in [1.54, 1.807) is 0 Å². The summed E-state index contributed by atoms with van der Waals surface area (Å²) in [5, 5.41) is 0.661. The average Bonchev–Trinajstić information content (AvgIpc) is 3.21. The number of benzene rings is 2. The number of rotatable bonds is 5. The van der Waals surface area contributed by atoms with E-state index in [0.29, 0.717) is 11.6 Å². The van der Waals surface area contributed by atoms with Crippen LogP contribution in [-0.4, -0.2) is 35.7 Å². The third-order valence-corrected chi connectivity index (χ3v) is 6.58. The SMILES string of the molecule is C#C.CC1(C)CC(C(CC(=O)N2C(=O)OC[C@H]2c2ccccc2)c2ccc(Cl)cc2)CCO1. The number of ether oxygens (including phenoxy) is 2. The molecule has 2 saturated heterocycles. The zero-order valence-corrected chi connectivity index (χ0v) is 19.8. The molecule has 0 radical (unpaired) electrons. The Morgan fingerprint density at radius 1 is 1.15 bits per heavy atom. The molecule has 2 unspecified atom stereocenters. The smallest absolute Gasteiger partial charge is 0.417 e. The average molecular weight is 468 g/mol. The second-order valence-electron chi connectivity index (χ2n) is 8.99. The molecule has 0 N–H and O–H groups in total. The van der Waals surface area contributed by atoms with Crippen LogP contribution >= 0.6 is 11.6 Å². The number of nitrogens with zero attached hydrogens (tertiary/aromatic N) is 1. The molecule has 2 amide bonds. The molecular weight excluding hydrogens is 438 g/mol. The highest BCUT2D eigenvalue weighted by Crippen LogP contribution is 2.41. The van der Waals surface area contributed by atoms with Crippen LogP contribution < -0.4 is 0 Å². The van der Waals surface area contributed by atoms with Crippen molar-refractivity contribution in [3.8, 4) is 12.8 Å². The molecule has 0 bridgehead atoms. The summed E-state index contributed by atoms with van der Waals surface area (Å²) in [6.45, 7) is 5.02. The Hall–Kier alpha value is -2.81.